The number of aromatic nitrogens is 4. The Kier molecular flexibility index (Phi) is 4.54. The summed E-state index contributed by atoms with van der Waals surface area (Å²) in [7, 11) is 0. The Hall–Kier alpha value is -2.80. The molecule has 1 amide bonds. The number of amides is 1. The molecule has 2 aliphatic rings. The monoisotopic (exact) mass is 409 g/mol. The maximum absolute atomic E-state index is 13.4. The first-order valence-corrected chi connectivity index (χ1v) is 10.2. The summed E-state index contributed by atoms with van der Waals surface area (Å²) in [4.78, 5) is 28.0. The standard InChI is InChI=1S/C21H20ClN5O2/c22-16-5-3-15(4-6-16)21(7-1-2-8-21)20(28)27-12-14(13-27)19-25-18(26-29-19)17-11-23-9-10-24-17/h3-6,9-11,14H,1-2,7-8,12-13H2. The van der Waals surface area contributed by atoms with E-state index in [0.29, 0.717) is 35.5 Å². The summed E-state index contributed by atoms with van der Waals surface area (Å²) in [6.45, 7) is 1.19. The molecule has 29 heavy (non-hydrogen) atoms. The smallest absolute Gasteiger partial charge is 0.233 e. The van der Waals surface area contributed by atoms with Gasteiger partial charge in [-0.15, -0.1) is 0 Å². The van der Waals surface area contributed by atoms with Crippen LogP contribution >= 0.6 is 11.6 Å². The molecular weight excluding hydrogens is 390 g/mol. The number of benzene rings is 1. The van der Waals surface area contributed by atoms with Gasteiger partial charge in [-0.3, -0.25) is 9.78 Å². The van der Waals surface area contributed by atoms with Crippen LogP contribution in [-0.2, 0) is 10.2 Å². The average molecular weight is 410 g/mol. The first kappa shape index (κ1) is 18.2. The van der Waals surface area contributed by atoms with Gasteiger partial charge in [0.1, 0.15) is 5.69 Å². The number of carbonyl (C=O) groups is 1. The van der Waals surface area contributed by atoms with E-state index in [-0.39, 0.29) is 11.8 Å². The number of hydrogen-bond acceptors (Lipinski definition) is 6. The fourth-order valence-corrected chi connectivity index (χ4v) is 4.52. The molecule has 0 atom stereocenters. The minimum absolute atomic E-state index is 0.0561. The molecule has 3 heterocycles. The summed E-state index contributed by atoms with van der Waals surface area (Å²) in [6.07, 6.45) is 8.68. The summed E-state index contributed by atoms with van der Waals surface area (Å²) in [5.74, 6) is 1.22. The minimum atomic E-state index is -0.435. The highest BCUT2D eigenvalue weighted by Crippen LogP contribution is 2.44. The molecule has 7 nitrogen and oxygen atoms in total. The number of carbonyl (C=O) groups excluding carboxylic acids is 1. The SMILES string of the molecule is O=C(N1CC(c2nc(-c3cnccn3)no2)C1)C1(c2ccc(Cl)cc2)CCCC1. The minimum Gasteiger partial charge on any atom is -0.340 e. The molecule has 5 rings (SSSR count). The van der Waals surface area contributed by atoms with Gasteiger partial charge in [-0.25, -0.2) is 4.98 Å². The van der Waals surface area contributed by atoms with E-state index >= 15 is 0 Å². The van der Waals surface area contributed by atoms with E-state index in [4.69, 9.17) is 16.1 Å². The van der Waals surface area contributed by atoms with Crippen molar-refractivity contribution in [3.8, 4) is 11.5 Å². The van der Waals surface area contributed by atoms with Gasteiger partial charge in [-0.05, 0) is 30.5 Å². The largest absolute Gasteiger partial charge is 0.340 e. The lowest BCUT2D eigenvalue weighted by Gasteiger charge is -2.43. The molecule has 2 aromatic heterocycles. The number of hydrogen-bond donors (Lipinski definition) is 0. The lowest BCUT2D eigenvalue weighted by Crippen LogP contribution is -2.55. The lowest BCUT2D eigenvalue weighted by molar-refractivity contribution is -0.142. The van der Waals surface area contributed by atoms with Gasteiger partial charge in [0.05, 0.1) is 17.5 Å². The molecule has 2 fully saturated rings. The Morgan fingerprint density at radius 2 is 1.90 bits per heavy atom. The van der Waals surface area contributed by atoms with E-state index in [9.17, 15) is 4.79 Å². The van der Waals surface area contributed by atoms with Crippen molar-refractivity contribution in [3.05, 3.63) is 59.3 Å². The third-order valence-corrected chi connectivity index (χ3v) is 6.27. The van der Waals surface area contributed by atoms with Crippen molar-refractivity contribution >= 4 is 17.5 Å². The molecule has 1 saturated heterocycles. The molecule has 0 N–H and O–H groups in total. The van der Waals surface area contributed by atoms with Gasteiger partial charge in [-0.1, -0.05) is 41.7 Å². The molecule has 0 spiro atoms. The quantitative estimate of drug-likeness (QED) is 0.654. The number of halogens is 1. The second-order valence-electron chi connectivity index (χ2n) is 7.75. The second kappa shape index (κ2) is 7.22. The van der Waals surface area contributed by atoms with Gasteiger partial charge in [0, 0.05) is 30.5 Å². The highest BCUT2D eigenvalue weighted by Gasteiger charge is 2.48. The number of likely N-dealkylation sites (tertiary alicyclic amines) is 1. The van der Waals surface area contributed by atoms with Crippen molar-refractivity contribution in [1.82, 2.24) is 25.0 Å². The van der Waals surface area contributed by atoms with Crippen LogP contribution in [-0.4, -0.2) is 44.0 Å². The first-order valence-electron chi connectivity index (χ1n) is 9.81. The lowest BCUT2D eigenvalue weighted by atomic mass is 9.76. The van der Waals surface area contributed by atoms with Gasteiger partial charge in [0.25, 0.3) is 0 Å². The van der Waals surface area contributed by atoms with Gasteiger partial charge < -0.3 is 9.42 Å². The van der Waals surface area contributed by atoms with Gasteiger partial charge >= 0.3 is 0 Å². The van der Waals surface area contributed by atoms with E-state index in [2.05, 4.69) is 20.1 Å². The Morgan fingerprint density at radius 3 is 2.59 bits per heavy atom. The molecule has 0 radical (unpaired) electrons. The predicted octanol–water partition coefficient (Wildman–Crippen LogP) is 3.62. The zero-order valence-corrected chi connectivity index (χ0v) is 16.5. The van der Waals surface area contributed by atoms with Crippen molar-refractivity contribution < 1.29 is 9.32 Å². The van der Waals surface area contributed by atoms with Crippen molar-refractivity contribution in [2.45, 2.75) is 37.0 Å². The summed E-state index contributed by atoms with van der Waals surface area (Å²) in [5, 5.41) is 4.69. The third kappa shape index (κ3) is 3.19. The molecule has 1 aromatic carbocycles. The van der Waals surface area contributed by atoms with Gasteiger partial charge in [0.2, 0.25) is 17.6 Å². The molecular formula is C21H20ClN5O2. The second-order valence-corrected chi connectivity index (χ2v) is 8.19. The summed E-state index contributed by atoms with van der Waals surface area (Å²) >= 11 is 6.05. The highest BCUT2D eigenvalue weighted by atomic mass is 35.5. The van der Waals surface area contributed by atoms with Crippen LogP contribution in [0.2, 0.25) is 5.02 Å². The molecule has 0 bridgehead atoms. The van der Waals surface area contributed by atoms with Crippen LogP contribution in [0, 0.1) is 0 Å². The number of rotatable bonds is 4. The van der Waals surface area contributed by atoms with Crippen LogP contribution in [0.1, 0.15) is 43.1 Å². The molecule has 1 aliphatic carbocycles. The van der Waals surface area contributed by atoms with Crippen LogP contribution < -0.4 is 0 Å². The predicted molar refractivity (Wildman–Crippen MR) is 106 cm³/mol. The van der Waals surface area contributed by atoms with Crippen LogP contribution in [0.3, 0.4) is 0 Å². The zero-order chi connectivity index (χ0) is 19.8. The molecule has 3 aromatic rings. The van der Waals surface area contributed by atoms with Crippen molar-refractivity contribution in [2.75, 3.05) is 13.1 Å². The van der Waals surface area contributed by atoms with E-state index in [0.717, 1.165) is 31.2 Å². The van der Waals surface area contributed by atoms with Crippen molar-refractivity contribution in [2.24, 2.45) is 0 Å². The Balaban J connectivity index is 1.30. The topological polar surface area (TPSA) is 85.0 Å². The van der Waals surface area contributed by atoms with Crippen molar-refractivity contribution in [3.63, 3.8) is 0 Å². The third-order valence-electron chi connectivity index (χ3n) is 6.02. The summed E-state index contributed by atoms with van der Waals surface area (Å²) < 4.78 is 5.42. The van der Waals surface area contributed by atoms with Crippen LogP contribution in [0.25, 0.3) is 11.5 Å². The van der Waals surface area contributed by atoms with E-state index < -0.39 is 5.41 Å². The normalized spacial score (nSPS) is 18.6. The molecule has 1 aliphatic heterocycles. The maximum atomic E-state index is 13.4. The number of nitrogens with zero attached hydrogens (tertiary/aromatic N) is 5. The Morgan fingerprint density at radius 1 is 1.14 bits per heavy atom. The molecule has 148 valence electrons. The summed E-state index contributed by atoms with van der Waals surface area (Å²) in [6, 6.07) is 7.73. The van der Waals surface area contributed by atoms with E-state index in [1.165, 1.54) is 0 Å². The molecule has 8 heteroatoms. The van der Waals surface area contributed by atoms with E-state index in [1.54, 1.807) is 18.6 Å². The van der Waals surface area contributed by atoms with Crippen molar-refractivity contribution in [1.29, 1.82) is 0 Å². The van der Waals surface area contributed by atoms with Crippen LogP contribution in [0.4, 0.5) is 0 Å². The van der Waals surface area contributed by atoms with Gasteiger partial charge in [-0.2, -0.15) is 4.98 Å². The average Bonchev–Trinajstić information content (AvgIpc) is 3.39. The Labute approximate surface area is 173 Å². The highest BCUT2D eigenvalue weighted by molar-refractivity contribution is 6.30. The fourth-order valence-electron chi connectivity index (χ4n) is 4.40. The van der Waals surface area contributed by atoms with Gasteiger partial charge in [0.15, 0.2) is 0 Å². The Bertz CT molecular complexity index is 1010. The summed E-state index contributed by atoms with van der Waals surface area (Å²) in [5.41, 5.74) is 1.20. The molecule has 1 saturated carbocycles. The zero-order valence-electron chi connectivity index (χ0n) is 15.8. The van der Waals surface area contributed by atoms with E-state index in [1.807, 2.05) is 29.2 Å². The van der Waals surface area contributed by atoms with Crippen LogP contribution in [0.15, 0.2) is 47.4 Å². The first-order chi connectivity index (χ1) is 14.2. The molecule has 0 unspecified atom stereocenters. The fraction of sp³-hybridized carbons (Fsp3) is 0.381. The maximum Gasteiger partial charge on any atom is 0.233 e. The van der Waals surface area contributed by atoms with Crippen LogP contribution in [0.5, 0.6) is 0 Å².